The number of aromatic nitrogens is 2. The van der Waals surface area contributed by atoms with Gasteiger partial charge in [-0.2, -0.15) is 5.10 Å². The Labute approximate surface area is 169 Å². The van der Waals surface area contributed by atoms with Crippen LogP contribution in [-0.4, -0.2) is 54.0 Å². The van der Waals surface area contributed by atoms with E-state index in [1.54, 1.807) is 53.2 Å². The number of hydrogen-bond acceptors (Lipinski definition) is 5. The molecule has 28 heavy (non-hydrogen) atoms. The SMILES string of the molecule is Cn1ccc(CNS(=O)(=O)C2CCN(C(=O)COc3ccc(Cl)cc3)CC2)n1. The number of benzene rings is 1. The van der Waals surface area contributed by atoms with Crippen LogP contribution in [0.5, 0.6) is 5.75 Å². The zero-order chi connectivity index (χ0) is 20.1. The van der Waals surface area contributed by atoms with Crippen LogP contribution in [0.4, 0.5) is 0 Å². The van der Waals surface area contributed by atoms with Gasteiger partial charge in [0, 0.05) is 31.4 Å². The molecule has 0 radical (unpaired) electrons. The van der Waals surface area contributed by atoms with E-state index in [9.17, 15) is 13.2 Å². The van der Waals surface area contributed by atoms with Crippen molar-refractivity contribution in [3.05, 3.63) is 47.2 Å². The summed E-state index contributed by atoms with van der Waals surface area (Å²) in [6, 6.07) is 8.54. The Morgan fingerprint density at radius 1 is 1.25 bits per heavy atom. The number of ether oxygens (including phenoxy) is 1. The maximum Gasteiger partial charge on any atom is 0.260 e. The Hall–Kier alpha value is -2.10. The summed E-state index contributed by atoms with van der Waals surface area (Å²) in [5.41, 5.74) is 0.665. The maximum atomic E-state index is 12.5. The van der Waals surface area contributed by atoms with Crippen LogP contribution < -0.4 is 9.46 Å². The number of carbonyl (C=O) groups is 1. The molecule has 1 amide bonds. The van der Waals surface area contributed by atoms with Crippen LogP contribution in [0, 0.1) is 0 Å². The summed E-state index contributed by atoms with van der Waals surface area (Å²) >= 11 is 5.82. The molecule has 0 spiro atoms. The van der Waals surface area contributed by atoms with Gasteiger partial charge in [0.2, 0.25) is 10.0 Å². The zero-order valence-corrected chi connectivity index (χ0v) is 17.1. The summed E-state index contributed by atoms with van der Waals surface area (Å²) < 4.78 is 34.7. The number of aryl methyl sites for hydroxylation is 1. The van der Waals surface area contributed by atoms with Crippen molar-refractivity contribution in [1.29, 1.82) is 0 Å². The van der Waals surface area contributed by atoms with Crippen molar-refractivity contribution in [2.45, 2.75) is 24.6 Å². The van der Waals surface area contributed by atoms with E-state index in [1.807, 2.05) is 0 Å². The van der Waals surface area contributed by atoms with E-state index in [-0.39, 0.29) is 19.1 Å². The molecular formula is C18H23ClN4O4S. The predicted octanol–water partition coefficient (Wildman–Crippen LogP) is 1.56. The Morgan fingerprint density at radius 2 is 1.93 bits per heavy atom. The third kappa shape index (κ3) is 5.46. The van der Waals surface area contributed by atoms with E-state index in [4.69, 9.17) is 16.3 Å². The monoisotopic (exact) mass is 426 g/mol. The van der Waals surface area contributed by atoms with Crippen LogP contribution in [0.3, 0.4) is 0 Å². The highest BCUT2D eigenvalue weighted by Gasteiger charge is 2.31. The summed E-state index contributed by atoms with van der Waals surface area (Å²) in [5, 5.41) is 4.24. The van der Waals surface area contributed by atoms with E-state index in [2.05, 4.69) is 9.82 Å². The average molecular weight is 427 g/mol. The first kappa shape index (κ1) is 20.6. The van der Waals surface area contributed by atoms with Crippen molar-refractivity contribution < 1.29 is 17.9 Å². The molecule has 1 fully saturated rings. The number of rotatable bonds is 7. The molecule has 0 atom stereocenters. The van der Waals surface area contributed by atoms with Crippen LogP contribution in [0.15, 0.2) is 36.5 Å². The molecule has 0 unspecified atom stereocenters. The summed E-state index contributed by atoms with van der Waals surface area (Å²) in [5.74, 6) is 0.404. The van der Waals surface area contributed by atoms with Gasteiger partial charge in [-0.1, -0.05) is 11.6 Å². The molecule has 1 saturated heterocycles. The number of amides is 1. The molecule has 1 aliphatic rings. The Bertz CT molecular complexity index is 906. The molecule has 2 aromatic rings. The average Bonchev–Trinajstić information content (AvgIpc) is 3.11. The Morgan fingerprint density at radius 3 is 2.54 bits per heavy atom. The van der Waals surface area contributed by atoms with Gasteiger partial charge in [0.25, 0.3) is 5.91 Å². The molecular weight excluding hydrogens is 404 g/mol. The molecule has 2 heterocycles. The van der Waals surface area contributed by atoms with Gasteiger partial charge in [-0.25, -0.2) is 13.1 Å². The normalized spacial score (nSPS) is 15.6. The second-order valence-electron chi connectivity index (χ2n) is 6.67. The van der Waals surface area contributed by atoms with E-state index >= 15 is 0 Å². The largest absolute Gasteiger partial charge is 0.484 e. The molecule has 1 aliphatic heterocycles. The first-order valence-electron chi connectivity index (χ1n) is 8.96. The third-order valence-electron chi connectivity index (χ3n) is 4.63. The lowest BCUT2D eigenvalue weighted by Gasteiger charge is -2.31. The summed E-state index contributed by atoms with van der Waals surface area (Å²) in [6.07, 6.45) is 2.55. The lowest BCUT2D eigenvalue weighted by molar-refractivity contribution is -0.134. The van der Waals surface area contributed by atoms with Gasteiger partial charge in [-0.05, 0) is 43.2 Å². The maximum absolute atomic E-state index is 12.5. The number of likely N-dealkylation sites (tertiary alicyclic amines) is 1. The molecule has 1 aromatic carbocycles. The van der Waals surface area contributed by atoms with Gasteiger partial charge in [0.1, 0.15) is 5.75 Å². The first-order chi connectivity index (χ1) is 13.3. The van der Waals surface area contributed by atoms with Gasteiger partial charge in [-0.3, -0.25) is 9.48 Å². The summed E-state index contributed by atoms with van der Waals surface area (Å²) in [6.45, 7) is 0.851. The summed E-state index contributed by atoms with van der Waals surface area (Å²) in [7, 11) is -1.68. The fraction of sp³-hybridized carbons (Fsp3) is 0.444. The van der Waals surface area contributed by atoms with Crippen LogP contribution in [0.2, 0.25) is 5.02 Å². The molecule has 0 saturated carbocycles. The van der Waals surface area contributed by atoms with Crippen molar-refractivity contribution in [3.8, 4) is 5.75 Å². The van der Waals surface area contributed by atoms with Crippen LogP contribution in [0.1, 0.15) is 18.5 Å². The smallest absolute Gasteiger partial charge is 0.260 e. The lowest BCUT2D eigenvalue weighted by Crippen LogP contribution is -2.46. The fourth-order valence-electron chi connectivity index (χ4n) is 3.03. The quantitative estimate of drug-likeness (QED) is 0.725. The van der Waals surface area contributed by atoms with Gasteiger partial charge in [-0.15, -0.1) is 0 Å². The Balaban J connectivity index is 1.45. The predicted molar refractivity (Wildman–Crippen MR) is 106 cm³/mol. The number of nitrogens with one attached hydrogen (secondary N) is 1. The van der Waals surface area contributed by atoms with Gasteiger partial charge < -0.3 is 9.64 Å². The second kappa shape index (κ2) is 8.93. The van der Waals surface area contributed by atoms with Crippen molar-refractivity contribution in [2.75, 3.05) is 19.7 Å². The van der Waals surface area contributed by atoms with Crippen LogP contribution in [0.25, 0.3) is 0 Å². The molecule has 0 aliphatic carbocycles. The third-order valence-corrected chi connectivity index (χ3v) is 6.78. The highest BCUT2D eigenvalue weighted by molar-refractivity contribution is 7.90. The highest BCUT2D eigenvalue weighted by atomic mass is 35.5. The lowest BCUT2D eigenvalue weighted by atomic mass is 10.1. The number of halogens is 1. The van der Waals surface area contributed by atoms with E-state index in [0.717, 1.165) is 0 Å². The van der Waals surface area contributed by atoms with Crippen molar-refractivity contribution in [1.82, 2.24) is 19.4 Å². The summed E-state index contributed by atoms with van der Waals surface area (Å²) in [4.78, 5) is 13.9. The number of nitrogens with zero attached hydrogens (tertiary/aromatic N) is 3. The molecule has 152 valence electrons. The topological polar surface area (TPSA) is 93.5 Å². The number of carbonyl (C=O) groups excluding carboxylic acids is 1. The minimum Gasteiger partial charge on any atom is -0.484 e. The minimum absolute atomic E-state index is 0.0863. The number of hydrogen-bond donors (Lipinski definition) is 1. The number of piperidine rings is 1. The minimum atomic E-state index is -3.46. The Kier molecular flexibility index (Phi) is 6.58. The van der Waals surface area contributed by atoms with Crippen LogP contribution in [-0.2, 0) is 28.4 Å². The van der Waals surface area contributed by atoms with Gasteiger partial charge in [0.15, 0.2) is 6.61 Å². The molecule has 3 rings (SSSR count). The van der Waals surface area contributed by atoms with Crippen LogP contribution >= 0.6 is 11.6 Å². The van der Waals surface area contributed by atoms with Gasteiger partial charge >= 0.3 is 0 Å². The van der Waals surface area contributed by atoms with E-state index in [0.29, 0.717) is 42.4 Å². The zero-order valence-electron chi connectivity index (χ0n) is 15.5. The number of sulfonamides is 1. The van der Waals surface area contributed by atoms with E-state index in [1.165, 1.54) is 0 Å². The van der Waals surface area contributed by atoms with Crippen molar-refractivity contribution in [3.63, 3.8) is 0 Å². The molecule has 1 aromatic heterocycles. The highest BCUT2D eigenvalue weighted by Crippen LogP contribution is 2.19. The van der Waals surface area contributed by atoms with Crippen molar-refractivity contribution >= 4 is 27.5 Å². The fourth-order valence-corrected chi connectivity index (χ4v) is 4.57. The second-order valence-corrected chi connectivity index (χ2v) is 9.15. The standard InChI is InChI=1S/C18H23ClN4O4S/c1-22-9-6-15(21-22)12-20-28(25,26)17-7-10-23(11-8-17)18(24)13-27-16-4-2-14(19)3-5-16/h2-6,9,17,20H,7-8,10-13H2,1H3. The molecule has 10 heteroatoms. The first-order valence-corrected chi connectivity index (χ1v) is 10.9. The van der Waals surface area contributed by atoms with Gasteiger partial charge in [0.05, 0.1) is 17.5 Å². The van der Waals surface area contributed by atoms with E-state index < -0.39 is 15.3 Å². The van der Waals surface area contributed by atoms with Crippen molar-refractivity contribution in [2.24, 2.45) is 7.05 Å². The molecule has 0 bridgehead atoms. The molecule has 8 nitrogen and oxygen atoms in total. The molecule has 1 N–H and O–H groups in total.